The minimum Gasteiger partial charge on any atom is -0.478 e. The molecule has 21 heavy (non-hydrogen) atoms. The molecule has 0 amide bonds. The zero-order valence-corrected chi connectivity index (χ0v) is 11.6. The lowest BCUT2D eigenvalue weighted by Crippen LogP contribution is -2.11. The fourth-order valence-electron chi connectivity index (χ4n) is 2.24. The van der Waals surface area contributed by atoms with Crippen molar-refractivity contribution in [1.29, 1.82) is 0 Å². The number of rotatable bonds is 4. The lowest BCUT2D eigenvalue weighted by atomic mass is 10.1. The van der Waals surface area contributed by atoms with E-state index in [9.17, 15) is 9.90 Å². The highest BCUT2D eigenvalue weighted by Crippen LogP contribution is 2.29. The number of fused-ring (bicyclic) bond motifs is 1. The summed E-state index contributed by atoms with van der Waals surface area (Å²) in [5, 5.41) is 17.3. The number of hydrogen-bond acceptors (Lipinski definition) is 5. The lowest BCUT2D eigenvalue weighted by Gasteiger charge is -2.15. The molecule has 0 aliphatic carbocycles. The van der Waals surface area contributed by atoms with Crippen LogP contribution in [-0.4, -0.2) is 25.8 Å². The van der Waals surface area contributed by atoms with E-state index in [1.807, 2.05) is 13.0 Å². The maximum absolute atomic E-state index is 11.4. The van der Waals surface area contributed by atoms with Gasteiger partial charge in [-0.05, 0) is 19.1 Å². The molecule has 0 bridgehead atoms. The molecule has 7 heteroatoms. The third-order valence-electron chi connectivity index (χ3n) is 3.32. The molecule has 1 unspecified atom stereocenters. The van der Waals surface area contributed by atoms with E-state index < -0.39 is 5.97 Å². The lowest BCUT2D eigenvalue weighted by molar-refractivity contribution is 0.0697. The number of nitrogens with zero attached hydrogens (tertiary/aromatic N) is 3. The Bertz CT molecular complexity index is 792. The van der Waals surface area contributed by atoms with Crippen molar-refractivity contribution >= 4 is 22.7 Å². The molecule has 0 saturated carbocycles. The molecule has 0 aromatic carbocycles. The molecule has 2 N–H and O–H groups in total. The van der Waals surface area contributed by atoms with Crippen LogP contribution in [0.5, 0.6) is 0 Å². The zero-order valence-electron chi connectivity index (χ0n) is 11.6. The Morgan fingerprint density at radius 2 is 2.29 bits per heavy atom. The molecule has 0 aliphatic heterocycles. The molecule has 0 aliphatic rings. The van der Waals surface area contributed by atoms with E-state index in [4.69, 9.17) is 4.42 Å². The Balaban J connectivity index is 2.10. The maximum atomic E-state index is 11.4. The van der Waals surface area contributed by atoms with E-state index in [2.05, 4.69) is 15.4 Å². The van der Waals surface area contributed by atoms with Crippen LogP contribution in [0.25, 0.3) is 11.0 Å². The largest absolute Gasteiger partial charge is 0.478 e. The first-order chi connectivity index (χ1) is 10.1. The molecule has 0 radical (unpaired) electrons. The van der Waals surface area contributed by atoms with Gasteiger partial charge in [-0.25, -0.2) is 9.78 Å². The highest BCUT2D eigenvalue weighted by molar-refractivity contribution is 6.03. The van der Waals surface area contributed by atoms with Crippen LogP contribution >= 0.6 is 0 Å². The van der Waals surface area contributed by atoms with Crippen molar-refractivity contribution in [2.75, 3.05) is 5.32 Å². The van der Waals surface area contributed by atoms with Gasteiger partial charge in [-0.1, -0.05) is 0 Å². The summed E-state index contributed by atoms with van der Waals surface area (Å²) in [5.41, 5.74) is 1.22. The average molecular weight is 286 g/mol. The van der Waals surface area contributed by atoms with E-state index in [-0.39, 0.29) is 11.6 Å². The molecule has 3 rings (SSSR count). The number of aryl methyl sites for hydroxylation is 1. The van der Waals surface area contributed by atoms with Crippen LogP contribution in [0, 0.1) is 0 Å². The van der Waals surface area contributed by atoms with Gasteiger partial charge in [0.15, 0.2) is 5.65 Å². The highest BCUT2D eigenvalue weighted by atomic mass is 16.4. The van der Waals surface area contributed by atoms with E-state index in [0.29, 0.717) is 16.7 Å². The van der Waals surface area contributed by atoms with Crippen LogP contribution in [0.4, 0.5) is 5.69 Å². The van der Waals surface area contributed by atoms with Crippen molar-refractivity contribution in [3.63, 3.8) is 0 Å². The summed E-state index contributed by atoms with van der Waals surface area (Å²) in [5.74, 6) is -0.317. The van der Waals surface area contributed by atoms with Crippen molar-refractivity contribution in [2.24, 2.45) is 7.05 Å². The molecule has 0 fully saturated rings. The first-order valence-electron chi connectivity index (χ1n) is 6.42. The predicted molar refractivity (Wildman–Crippen MR) is 76.2 cm³/mol. The van der Waals surface area contributed by atoms with Crippen LogP contribution in [0.1, 0.15) is 29.1 Å². The molecule has 3 heterocycles. The standard InChI is InChI=1S/C14H14N4O3/c1-8(11-4-3-5-21-11)17-12-9-7-16-18(2)13(9)15-6-10(12)14(19)20/h3-8H,1-2H3,(H,15,17)(H,19,20). The first kappa shape index (κ1) is 13.2. The van der Waals surface area contributed by atoms with Gasteiger partial charge in [-0.3, -0.25) is 4.68 Å². The van der Waals surface area contributed by atoms with E-state index >= 15 is 0 Å². The van der Waals surface area contributed by atoms with Gasteiger partial charge < -0.3 is 14.8 Å². The quantitative estimate of drug-likeness (QED) is 0.765. The van der Waals surface area contributed by atoms with Gasteiger partial charge in [-0.15, -0.1) is 0 Å². The number of aromatic carboxylic acids is 1. The Morgan fingerprint density at radius 3 is 2.95 bits per heavy atom. The first-order valence-corrected chi connectivity index (χ1v) is 6.42. The topological polar surface area (TPSA) is 93.2 Å². The summed E-state index contributed by atoms with van der Waals surface area (Å²) >= 11 is 0. The molecule has 7 nitrogen and oxygen atoms in total. The molecule has 108 valence electrons. The van der Waals surface area contributed by atoms with Gasteiger partial charge in [0.25, 0.3) is 0 Å². The highest BCUT2D eigenvalue weighted by Gasteiger charge is 2.19. The Morgan fingerprint density at radius 1 is 1.48 bits per heavy atom. The fraction of sp³-hybridized carbons (Fsp3) is 0.214. The zero-order chi connectivity index (χ0) is 15.0. The number of hydrogen-bond donors (Lipinski definition) is 2. The average Bonchev–Trinajstić information content (AvgIpc) is 3.09. The van der Waals surface area contributed by atoms with Crippen LogP contribution in [0.3, 0.4) is 0 Å². The van der Waals surface area contributed by atoms with Gasteiger partial charge in [-0.2, -0.15) is 5.10 Å². The molecular weight excluding hydrogens is 272 g/mol. The predicted octanol–water partition coefficient (Wildman–Crippen LogP) is 2.43. The van der Waals surface area contributed by atoms with Crippen LogP contribution in [-0.2, 0) is 7.05 Å². The van der Waals surface area contributed by atoms with E-state index in [0.717, 1.165) is 5.76 Å². The summed E-state index contributed by atoms with van der Waals surface area (Å²) in [6, 6.07) is 3.45. The molecule has 0 spiro atoms. The Labute approximate surface area is 120 Å². The van der Waals surface area contributed by atoms with Crippen molar-refractivity contribution in [3.05, 3.63) is 42.1 Å². The van der Waals surface area contributed by atoms with Crippen LogP contribution in [0.2, 0.25) is 0 Å². The number of nitrogens with one attached hydrogen (secondary N) is 1. The second kappa shape index (κ2) is 4.93. The normalized spacial score (nSPS) is 12.5. The molecule has 0 saturated heterocycles. The molecule has 3 aromatic rings. The van der Waals surface area contributed by atoms with Crippen LogP contribution in [0.15, 0.2) is 35.2 Å². The fourth-order valence-corrected chi connectivity index (χ4v) is 2.24. The number of carboxylic acids is 1. The van der Waals surface area contributed by atoms with Gasteiger partial charge in [0.05, 0.1) is 29.6 Å². The summed E-state index contributed by atoms with van der Waals surface area (Å²) < 4.78 is 6.94. The number of aromatic nitrogens is 3. The van der Waals surface area contributed by atoms with Crippen molar-refractivity contribution < 1.29 is 14.3 Å². The Kier molecular flexibility index (Phi) is 3.09. The Hall–Kier alpha value is -2.83. The molecule has 3 aromatic heterocycles. The minimum atomic E-state index is -1.04. The van der Waals surface area contributed by atoms with Gasteiger partial charge in [0, 0.05) is 13.2 Å². The summed E-state index contributed by atoms with van der Waals surface area (Å²) in [4.78, 5) is 15.6. The summed E-state index contributed by atoms with van der Waals surface area (Å²) in [6.45, 7) is 1.90. The summed E-state index contributed by atoms with van der Waals surface area (Å²) in [7, 11) is 1.76. The van der Waals surface area contributed by atoms with Gasteiger partial charge in [0.1, 0.15) is 11.3 Å². The second-order valence-corrected chi connectivity index (χ2v) is 4.74. The molecular formula is C14H14N4O3. The smallest absolute Gasteiger partial charge is 0.339 e. The van der Waals surface area contributed by atoms with Gasteiger partial charge in [0.2, 0.25) is 0 Å². The van der Waals surface area contributed by atoms with E-state index in [1.165, 1.54) is 6.20 Å². The SMILES string of the molecule is CC(Nc1c(C(=O)O)cnc2c1cnn2C)c1ccco1. The van der Waals surface area contributed by atoms with Crippen LogP contribution < -0.4 is 5.32 Å². The third-order valence-corrected chi connectivity index (χ3v) is 3.32. The number of anilines is 1. The number of pyridine rings is 1. The second-order valence-electron chi connectivity index (χ2n) is 4.74. The monoisotopic (exact) mass is 286 g/mol. The van der Waals surface area contributed by atoms with Gasteiger partial charge >= 0.3 is 5.97 Å². The van der Waals surface area contributed by atoms with E-state index in [1.54, 1.807) is 30.3 Å². The minimum absolute atomic E-state index is 0.105. The van der Waals surface area contributed by atoms with Crippen molar-refractivity contribution in [3.8, 4) is 0 Å². The third kappa shape index (κ3) is 2.22. The molecule has 1 atom stereocenters. The van der Waals surface area contributed by atoms with Crippen molar-refractivity contribution in [1.82, 2.24) is 14.8 Å². The van der Waals surface area contributed by atoms with Crippen molar-refractivity contribution in [2.45, 2.75) is 13.0 Å². The number of furan rings is 1. The number of carbonyl (C=O) groups is 1. The summed E-state index contributed by atoms with van der Waals surface area (Å²) in [6.07, 6.45) is 4.52. The number of carboxylic acid groups (broad SMARTS) is 1. The maximum Gasteiger partial charge on any atom is 0.339 e.